The second kappa shape index (κ2) is 7.42. The van der Waals surface area contributed by atoms with Gasteiger partial charge in [0, 0.05) is 0 Å². The molecule has 0 atom stereocenters. The number of aryl methyl sites for hydroxylation is 2. The summed E-state index contributed by atoms with van der Waals surface area (Å²) >= 11 is 6.62. The van der Waals surface area contributed by atoms with Crippen LogP contribution in [0.5, 0.6) is 11.5 Å². The lowest BCUT2D eigenvalue weighted by molar-refractivity contribution is 0.462. The van der Waals surface area contributed by atoms with Gasteiger partial charge in [-0.05, 0) is 95.7 Å². The van der Waals surface area contributed by atoms with Crippen LogP contribution in [0.1, 0.15) is 33.6 Å². The molecule has 6 heteroatoms. The quantitative estimate of drug-likeness (QED) is 0.579. The molecule has 0 radical (unpaired) electrons. The average Bonchev–Trinajstić information content (AvgIpc) is 2.47. The number of hydrogen-bond donors (Lipinski definition) is 2. The van der Waals surface area contributed by atoms with Crippen LogP contribution in [-0.4, -0.2) is 20.2 Å². The van der Waals surface area contributed by atoms with Crippen molar-refractivity contribution >= 4 is 31.9 Å². The minimum atomic E-state index is 0.297. The minimum Gasteiger partial charge on any atom is -0.506 e. The lowest BCUT2D eigenvalue weighted by Gasteiger charge is -2.06. The van der Waals surface area contributed by atoms with E-state index in [0.29, 0.717) is 22.9 Å². The van der Waals surface area contributed by atoms with E-state index < -0.39 is 0 Å². The van der Waals surface area contributed by atoms with Crippen molar-refractivity contribution in [1.29, 1.82) is 0 Å². The summed E-state index contributed by atoms with van der Waals surface area (Å²) < 4.78 is 1.62. The maximum absolute atomic E-state index is 9.43. The van der Waals surface area contributed by atoms with Crippen LogP contribution in [0.2, 0.25) is 0 Å². The standard InChI is InChI=1S/2C8H10BrNO/c2*1-4-5(2)8(9)10-6(3)7(4)11/h2*11H,1-3H3. The van der Waals surface area contributed by atoms with Gasteiger partial charge in [0.15, 0.2) is 0 Å². The second-order valence-corrected chi connectivity index (χ2v) is 6.68. The summed E-state index contributed by atoms with van der Waals surface area (Å²) in [5.74, 6) is 0.594. The third-order valence-electron chi connectivity index (χ3n) is 3.67. The van der Waals surface area contributed by atoms with Crippen molar-refractivity contribution in [3.05, 3.63) is 42.8 Å². The molecule has 0 amide bonds. The van der Waals surface area contributed by atoms with Crippen LogP contribution < -0.4 is 0 Å². The molecule has 0 bridgehead atoms. The molecule has 0 aromatic carbocycles. The number of halogens is 2. The molecule has 2 aromatic rings. The molecule has 0 saturated heterocycles. The molecular weight excluding hydrogens is 412 g/mol. The molecule has 0 saturated carbocycles. The van der Waals surface area contributed by atoms with E-state index in [4.69, 9.17) is 0 Å². The predicted octanol–water partition coefficient (Wildman–Crippen LogP) is 4.95. The van der Waals surface area contributed by atoms with Gasteiger partial charge < -0.3 is 10.2 Å². The third kappa shape index (κ3) is 3.98. The summed E-state index contributed by atoms with van der Waals surface area (Å²) in [6.07, 6.45) is 0. The lowest BCUT2D eigenvalue weighted by Crippen LogP contribution is -1.91. The van der Waals surface area contributed by atoms with Gasteiger partial charge in [0.05, 0.1) is 11.4 Å². The van der Waals surface area contributed by atoms with Crippen LogP contribution in [0.25, 0.3) is 0 Å². The van der Waals surface area contributed by atoms with E-state index in [1.54, 1.807) is 13.8 Å². The molecule has 4 nitrogen and oxygen atoms in total. The van der Waals surface area contributed by atoms with Crippen LogP contribution in [0.4, 0.5) is 0 Å². The third-order valence-corrected chi connectivity index (χ3v) is 5.22. The number of rotatable bonds is 0. The summed E-state index contributed by atoms with van der Waals surface area (Å²) in [7, 11) is 0. The van der Waals surface area contributed by atoms with Crippen LogP contribution in [0, 0.1) is 41.5 Å². The Hall–Kier alpha value is -1.14. The van der Waals surface area contributed by atoms with Gasteiger partial charge in [-0.1, -0.05) is 0 Å². The fourth-order valence-corrected chi connectivity index (χ4v) is 2.90. The van der Waals surface area contributed by atoms with Crippen LogP contribution in [0.3, 0.4) is 0 Å². The Kier molecular flexibility index (Phi) is 6.38. The Morgan fingerprint density at radius 1 is 0.591 bits per heavy atom. The maximum Gasteiger partial charge on any atom is 0.140 e. The van der Waals surface area contributed by atoms with E-state index in [1.807, 2.05) is 27.7 Å². The second-order valence-electron chi connectivity index (χ2n) is 5.17. The van der Waals surface area contributed by atoms with Gasteiger partial charge in [0.2, 0.25) is 0 Å². The number of hydrogen-bond acceptors (Lipinski definition) is 4. The fraction of sp³-hybridized carbons (Fsp3) is 0.375. The van der Waals surface area contributed by atoms with Crippen molar-refractivity contribution < 1.29 is 10.2 Å². The molecule has 0 spiro atoms. The SMILES string of the molecule is Cc1nc(Br)c(C)c(C)c1O.Cc1nc(Br)c(C)c(C)c1O. The van der Waals surface area contributed by atoms with E-state index in [2.05, 4.69) is 41.8 Å². The molecule has 2 aromatic heterocycles. The fourth-order valence-electron chi connectivity index (χ4n) is 1.78. The molecular formula is C16H20Br2N2O2. The Bertz CT molecular complexity index is 602. The van der Waals surface area contributed by atoms with Gasteiger partial charge in [-0.2, -0.15) is 0 Å². The summed E-state index contributed by atoms with van der Waals surface area (Å²) in [5.41, 5.74) is 5.11. The largest absolute Gasteiger partial charge is 0.506 e. The zero-order chi connectivity index (χ0) is 17.2. The van der Waals surface area contributed by atoms with Gasteiger partial charge >= 0.3 is 0 Å². The highest BCUT2D eigenvalue weighted by Gasteiger charge is 2.08. The molecule has 2 heterocycles. The van der Waals surface area contributed by atoms with Crippen molar-refractivity contribution in [3.8, 4) is 11.5 Å². The van der Waals surface area contributed by atoms with Crippen LogP contribution >= 0.6 is 31.9 Å². The minimum absolute atomic E-state index is 0.297. The first-order chi connectivity index (χ1) is 10.1. The van der Waals surface area contributed by atoms with Gasteiger partial charge in [-0.3, -0.25) is 0 Å². The molecule has 0 fully saturated rings. The number of aromatic nitrogens is 2. The van der Waals surface area contributed by atoms with Crippen molar-refractivity contribution in [2.45, 2.75) is 41.5 Å². The average molecular weight is 432 g/mol. The van der Waals surface area contributed by atoms with Crippen LogP contribution in [-0.2, 0) is 0 Å². The van der Waals surface area contributed by atoms with Gasteiger partial charge in [0.1, 0.15) is 20.7 Å². The van der Waals surface area contributed by atoms with Crippen LogP contribution in [0.15, 0.2) is 9.21 Å². The van der Waals surface area contributed by atoms with E-state index >= 15 is 0 Å². The maximum atomic E-state index is 9.43. The van der Waals surface area contributed by atoms with Gasteiger partial charge in [-0.25, -0.2) is 9.97 Å². The molecule has 0 unspecified atom stereocenters. The van der Waals surface area contributed by atoms with E-state index in [9.17, 15) is 10.2 Å². The number of pyridine rings is 2. The Morgan fingerprint density at radius 2 is 0.864 bits per heavy atom. The molecule has 2 N–H and O–H groups in total. The zero-order valence-electron chi connectivity index (χ0n) is 13.5. The first-order valence-electron chi connectivity index (χ1n) is 6.72. The summed E-state index contributed by atoms with van der Waals surface area (Å²) in [6.45, 7) is 11.2. The van der Waals surface area contributed by atoms with E-state index in [0.717, 1.165) is 31.5 Å². The Morgan fingerprint density at radius 3 is 1.14 bits per heavy atom. The molecule has 2 rings (SSSR count). The molecule has 0 aliphatic heterocycles. The van der Waals surface area contributed by atoms with Gasteiger partial charge in [-0.15, -0.1) is 0 Å². The smallest absolute Gasteiger partial charge is 0.140 e. The molecule has 0 aliphatic carbocycles. The number of nitrogens with zero attached hydrogens (tertiary/aromatic N) is 2. The van der Waals surface area contributed by atoms with Crippen molar-refractivity contribution in [2.75, 3.05) is 0 Å². The normalized spacial score (nSPS) is 10.2. The summed E-state index contributed by atoms with van der Waals surface area (Å²) in [6, 6.07) is 0. The highest BCUT2D eigenvalue weighted by atomic mass is 79.9. The topological polar surface area (TPSA) is 66.2 Å². The Balaban J connectivity index is 0.000000220. The zero-order valence-corrected chi connectivity index (χ0v) is 16.7. The van der Waals surface area contributed by atoms with E-state index in [1.165, 1.54) is 0 Å². The van der Waals surface area contributed by atoms with E-state index in [-0.39, 0.29) is 0 Å². The first-order valence-corrected chi connectivity index (χ1v) is 8.31. The van der Waals surface area contributed by atoms with Gasteiger partial charge in [0.25, 0.3) is 0 Å². The highest BCUT2D eigenvalue weighted by Crippen LogP contribution is 2.28. The van der Waals surface area contributed by atoms with Crippen molar-refractivity contribution in [2.24, 2.45) is 0 Å². The summed E-state index contributed by atoms with van der Waals surface area (Å²) in [4.78, 5) is 8.20. The summed E-state index contributed by atoms with van der Waals surface area (Å²) in [5, 5.41) is 18.9. The molecule has 120 valence electrons. The Labute approximate surface area is 147 Å². The molecule has 0 aliphatic rings. The monoisotopic (exact) mass is 430 g/mol. The van der Waals surface area contributed by atoms with Crippen molar-refractivity contribution in [3.63, 3.8) is 0 Å². The highest BCUT2D eigenvalue weighted by molar-refractivity contribution is 9.10. The van der Waals surface area contributed by atoms with Crippen molar-refractivity contribution in [1.82, 2.24) is 9.97 Å². The number of aromatic hydroxyl groups is 2. The molecule has 22 heavy (non-hydrogen) atoms. The predicted molar refractivity (Wildman–Crippen MR) is 95.6 cm³/mol. The first kappa shape index (κ1) is 18.9. The lowest BCUT2D eigenvalue weighted by atomic mass is 10.1.